The van der Waals surface area contributed by atoms with Crippen LogP contribution < -0.4 is 16.2 Å². The van der Waals surface area contributed by atoms with Crippen LogP contribution in [0.2, 0.25) is 0 Å². The number of H-pyrrole nitrogens is 1. The van der Waals surface area contributed by atoms with E-state index in [4.69, 9.17) is 5.73 Å². The van der Waals surface area contributed by atoms with Crippen molar-refractivity contribution >= 4 is 11.5 Å². The summed E-state index contributed by atoms with van der Waals surface area (Å²) < 4.78 is 0. The molecule has 0 aliphatic carbocycles. The third-order valence-electron chi connectivity index (χ3n) is 2.54. The fraction of sp³-hybridized carbons (Fsp3) is 0.167. The number of hydrogen-bond donors (Lipinski definition) is 2. The summed E-state index contributed by atoms with van der Waals surface area (Å²) in [5, 5.41) is 0. The van der Waals surface area contributed by atoms with E-state index in [1.165, 1.54) is 12.4 Å². The molecule has 5 nitrogen and oxygen atoms in total. The molecule has 2 rings (SSSR count). The molecule has 1 aromatic heterocycles. The maximum Gasteiger partial charge on any atom is 0.252 e. The first kappa shape index (κ1) is 11.3. The lowest BCUT2D eigenvalue weighted by molar-refractivity contribution is 1.04. The van der Waals surface area contributed by atoms with E-state index in [0.717, 1.165) is 11.3 Å². The van der Waals surface area contributed by atoms with Crippen molar-refractivity contribution in [3.8, 4) is 0 Å². The van der Waals surface area contributed by atoms with Crippen LogP contribution in [0.3, 0.4) is 0 Å². The van der Waals surface area contributed by atoms with Crippen LogP contribution in [0.5, 0.6) is 0 Å². The van der Waals surface area contributed by atoms with Crippen LogP contribution in [0.4, 0.5) is 11.5 Å². The number of anilines is 2. The summed E-state index contributed by atoms with van der Waals surface area (Å²) >= 11 is 0. The van der Waals surface area contributed by atoms with Gasteiger partial charge in [0.2, 0.25) is 0 Å². The predicted molar refractivity (Wildman–Crippen MR) is 67.3 cm³/mol. The van der Waals surface area contributed by atoms with Crippen molar-refractivity contribution < 1.29 is 0 Å². The number of aromatic amines is 1. The molecule has 2 aromatic rings. The largest absolute Gasteiger partial charge is 0.329 e. The molecule has 3 N–H and O–H groups in total. The number of aromatic nitrogens is 2. The molecule has 1 heterocycles. The molecule has 0 radical (unpaired) electrons. The molecule has 0 fully saturated rings. The minimum Gasteiger partial charge on any atom is -0.329 e. The third-order valence-corrected chi connectivity index (χ3v) is 2.54. The zero-order chi connectivity index (χ0) is 12.3. The second kappa shape index (κ2) is 4.80. The first-order valence-corrected chi connectivity index (χ1v) is 5.28. The standard InChI is InChI=1S/C12H14N4O/c1-16(11-6-12(17)15-8-14-11)10-4-2-3-9(5-10)7-13/h2-6,8H,7,13H2,1H3,(H,14,15,17). The van der Waals surface area contributed by atoms with Gasteiger partial charge in [-0.25, -0.2) is 4.98 Å². The van der Waals surface area contributed by atoms with Gasteiger partial charge in [0.05, 0.1) is 6.33 Å². The second-order valence-electron chi connectivity index (χ2n) is 3.70. The summed E-state index contributed by atoms with van der Waals surface area (Å²) in [6.45, 7) is 0.491. The molecular formula is C12H14N4O. The van der Waals surface area contributed by atoms with E-state index in [1.807, 2.05) is 36.2 Å². The van der Waals surface area contributed by atoms with E-state index in [-0.39, 0.29) is 5.56 Å². The van der Waals surface area contributed by atoms with Gasteiger partial charge in [0.25, 0.3) is 5.56 Å². The zero-order valence-electron chi connectivity index (χ0n) is 9.55. The molecular weight excluding hydrogens is 216 g/mol. The van der Waals surface area contributed by atoms with Crippen molar-refractivity contribution in [2.24, 2.45) is 5.73 Å². The van der Waals surface area contributed by atoms with Gasteiger partial charge in [0.15, 0.2) is 0 Å². The maximum atomic E-state index is 11.2. The third kappa shape index (κ3) is 2.51. The number of nitrogens with one attached hydrogen (secondary N) is 1. The Bertz CT molecular complexity index is 564. The zero-order valence-corrected chi connectivity index (χ0v) is 9.55. The van der Waals surface area contributed by atoms with Gasteiger partial charge in [-0.2, -0.15) is 0 Å². The highest BCUT2D eigenvalue weighted by atomic mass is 16.1. The van der Waals surface area contributed by atoms with Crippen LogP contribution in [0.15, 0.2) is 41.5 Å². The lowest BCUT2D eigenvalue weighted by Crippen LogP contribution is -2.15. The fourth-order valence-electron chi connectivity index (χ4n) is 1.57. The Kier molecular flexibility index (Phi) is 3.20. The minimum atomic E-state index is -0.170. The fourth-order valence-corrected chi connectivity index (χ4v) is 1.57. The van der Waals surface area contributed by atoms with Crippen LogP contribution in [0.1, 0.15) is 5.56 Å². The SMILES string of the molecule is CN(c1cccc(CN)c1)c1cc(=O)[nH]cn1. The van der Waals surface area contributed by atoms with E-state index >= 15 is 0 Å². The van der Waals surface area contributed by atoms with Crippen LogP contribution in [-0.2, 0) is 6.54 Å². The summed E-state index contributed by atoms with van der Waals surface area (Å²) in [6, 6.07) is 9.27. The maximum absolute atomic E-state index is 11.2. The van der Waals surface area contributed by atoms with Crippen LogP contribution >= 0.6 is 0 Å². The monoisotopic (exact) mass is 230 g/mol. The van der Waals surface area contributed by atoms with E-state index < -0.39 is 0 Å². The van der Waals surface area contributed by atoms with Gasteiger partial charge in [-0.15, -0.1) is 0 Å². The first-order chi connectivity index (χ1) is 8.20. The summed E-state index contributed by atoms with van der Waals surface area (Å²) in [5.74, 6) is 0.600. The Balaban J connectivity index is 2.36. The predicted octanol–water partition coefficient (Wildman–Crippen LogP) is 0.997. The van der Waals surface area contributed by atoms with E-state index in [0.29, 0.717) is 12.4 Å². The van der Waals surface area contributed by atoms with Crippen molar-refractivity contribution in [1.82, 2.24) is 9.97 Å². The van der Waals surface area contributed by atoms with Crippen molar-refractivity contribution in [2.75, 3.05) is 11.9 Å². The van der Waals surface area contributed by atoms with Crippen molar-refractivity contribution in [2.45, 2.75) is 6.54 Å². The number of rotatable bonds is 3. The molecule has 88 valence electrons. The van der Waals surface area contributed by atoms with Gasteiger partial charge < -0.3 is 15.6 Å². The molecule has 0 unspecified atom stereocenters. The highest BCUT2D eigenvalue weighted by Gasteiger charge is 2.05. The number of hydrogen-bond acceptors (Lipinski definition) is 4. The van der Waals surface area contributed by atoms with Gasteiger partial charge in [-0.3, -0.25) is 4.79 Å². The van der Waals surface area contributed by atoms with E-state index in [1.54, 1.807) is 0 Å². The number of benzene rings is 1. The molecule has 0 saturated carbocycles. The normalized spacial score (nSPS) is 10.2. The van der Waals surface area contributed by atoms with E-state index in [9.17, 15) is 4.79 Å². The van der Waals surface area contributed by atoms with Crippen molar-refractivity contribution in [3.63, 3.8) is 0 Å². The summed E-state index contributed by atoms with van der Waals surface area (Å²) in [6.07, 6.45) is 1.39. The van der Waals surface area contributed by atoms with Gasteiger partial charge in [-0.1, -0.05) is 12.1 Å². The van der Waals surface area contributed by atoms with Crippen LogP contribution in [0.25, 0.3) is 0 Å². The average Bonchev–Trinajstić information content (AvgIpc) is 2.38. The molecule has 1 aromatic carbocycles. The Morgan fingerprint density at radius 1 is 1.41 bits per heavy atom. The lowest BCUT2D eigenvalue weighted by Gasteiger charge is -2.18. The topological polar surface area (TPSA) is 75.0 Å². The summed E-state index contributed by atoms with van der Waals surface area (Å²) in [4.78, 5) is 19.6. The van der Waals surface area contributed by atoms with Crippen molar-refractivity contribution in [3.05, 3.63) is 52.6 Å². The Morgan fingerprint density at radius 2 is 2.24 bits per heavy atom. The minimum absolute atomic E-state index is 0.170. The molecule has 17 heavy (non-hydrogen) atoms. The lowest BCUT2D eigenvalue weighted by atomic mass is 10.2. The molecule has 5 heteroatoms. The van der Waals surface area contributed by atoms with Gasteiger partial charge in [0, 0.05) is 25.3 Å². The molecule has 0 bridgehead atoms. The highest BCUT2D eigenvalue weighted by Crippen LogP contribution is 2.20. The summed E-state index contributed by atoms with van der Waals surface area (Å²) in [5.41, 5.74) is 7.41. The quantitative estimate of drug-likeness (QED) is 0.824. The van der Waals surface area contributed by atoms with E-state index in [2.05, 4.69) is 9.97 Å². The van der Waals surface area contributed by atoms with Crippen LogP contribution in [-0.4, -0.2) is 17.0 Å². The van der Waals surface area contributed by atoms with Gasteiger partial charge >= 0.3 is 0 Å². The van der Waals surface area contributed by atoms with Gasteiger partial charge in [0.1, 0.15) is 5.82 Å². The Morgan fingerprint density at radius 3 is 2.94 bits per heavy atom. The Hall–Kier alpha value is -2.14. The first-order valence-electron chi connectivity index (χ1n) is 5.28. The molecule has 0 aliphatic rings. The van der Waals surface area contributed by atoms with Gasteiger partial charge in [-0.05, 0) is 17.7 Å². The molecule has 0 spiro atoms. The number of nitrogens with zero attached hydrogens (tertiary/aromatic N) is 2. The molecule has 0 atom stereocenters. The molecule has 0 amide bonds. The average molecular weight is 230 g/mol. The number of nitrogens with two attached hydrogens (primary N) is 1. The van der Waals surface area contributed by atoms with Crippen LogP contribution in [0, 0.1) is 0 Å². The highest BCUT2D eigenvalue weighted by molar-refractivity contribution is 5.59. The summed E-state index contributed by atoms with van der Waals surface area (Å²) in [7, 11) is 1.86. The molecule has 0 saturated heterocycles. The second-order valence-corrected chi connectivity index (χ2v) is 3.70. The smallest absolute Gasteiger partial charge is 0.252 e. The molecule has 0 aliphatic heterocycles. The Labute approximate surface area is 98.9 Å². The van der Waals surface area contributed by atoms with Crippen molar-refractivity contribution in [1.29, 1.82) is 0 Å².